The molecule has 0 aromatic carbocycles. The Morgan fingerprint density at radius 1 is 1.06 bits per heavy atom. The van der Waals surface area contributed by atoms with Crippen LogP contribution in [-0.2, 0) is 14.4 Å². The highest BCUT2D eigenvalue weighted by molar-refractivity contribution is 5.87. The Morgan fingerprint density at radius 2 is 1.65 bits per heavy atom. The summed E-state index contributed by atoms with van der Waals surface area (Å²) in [5.41, 5.74) is 0. The van der Waals surface area contributed by atoms with E-state index in [0.717, 1.165) is 0 Å². The van der Waals surface area contributed by atoms with Crippen LogP contribution in [0.3, 0.4) is 0 Å². The fourth-order valence-corrected chi connectivity index (χ4v) is 0.876. The molecule has 0 aliphatic rings. The van der Waals surface area contributed by atoms with Gasteiger partial charge in [0.05, 0.1) is 19.4 Å². The Bertz CT molecular complexity index is 301. The predicted molar refractivity (Wildman–Crippen MR) is 50.2 cm³/mol. The van der Waals surface area contributed by atoms with Crippen molar-refractivity contribution in [2.45, 2.75) is 31.9 Å². The number of carbonyl (C=O) groups excluding carboxylic acids is 2. The Morgan fingerprint density at radius 3 is 2.12 bits per heavy atom. The van der Waals surface area contributed by atoms with E-state index in [2.05, 4.69) is 0 Å². The average molecular weight is 255 g/mol. The third-order valence-corrected chi connectivity index (χ3v) is 1.74. The number of carbonyl (C=O) groups is 3. The zero-order valence-electron chi connectivity index (χ0n) is 8.84. The van der Waals surface area contributed by atoms with E-state index in [4.69, 9.17) is 5.11 Å². The van der Waals surface area contributed by atoms with E-state index in [-0.39, 0.29) is 12.8 Å². The minimum Gasteiger partial charge on any atom is -0.481 e. The van der Waals surface area contributed by atoms with Crippen LogP contribution < -0.4 is 5.32 Å². The highest BCUT2D eigenvalue weighted by atomic mass is 19.4. The summed E-state index contributed by atoms with van der Waals surface area (Å²) in [5.74, 6) is -2.57. The first-order valence-electron chi connectivity index (χ1n) is 4.77. The Labute approximate surface area is 95.0 Å². The SMILES string of the molecule is O=C(O)CCC(=O)CNC(=O)CCC(F)(F)F. The van der Waals surface area contributed by atoms with Crippen LogP contribution in [0.2, 0.25) is 0 Å². The number of nitrogens with one attached hydrogen (secondary N) is 1. The molecule has 0 rings (SSSR count). The van der Waals surface area contributed by atoms with Gasteiger partial charge in [-0.2, -0.15) is 13.2 Å². The van der Waals surface area contributed by atoms with Crippen LogP contribution in [0.5, 0.6) is 0 Å². The molecule has 0 fully saturated rings. The normalized spacial score (nSPS) is 11.0. The summed E-state index contributed by atoms with van der Waals surface area (Å²) in [6.45, 7) is -0.441. The molecule has 0 bridgehead atoms. The number of carboxylic acids is 1. The lowest BCUT2D eigenvalue weighted by Crippen LogP contribution is -2.30. The van der Waals surface area contributed by atoms with Crippen molar-refractivity contribution in [2.24, 2.45) is 0 Å². The van der Waals surface area contributed by atoms with Crippen molar-refractivity contribution in [1.29, 1.82) is 0 Å². The monoisotopic (exact) mass is 255 g/mol. The van der Waals surface area contributed by atoms with Crippen molar-refractivity contribution < 1.29 is 32.7 Å². The number of ketones is 1. The lowest BCUT2D eigenvalue weighted by atomic mass is 10.2. The second kappa shape index (κ2) is 6.87. The number of alkyl halides is 3. The fourth-order valence-electron chi connectivity index (χ4n) is 0.876. The van der Waals surface area contributed by atoms with E-state index in [9.17, 15) is 27.6 Å². The van der Waals surface area contributed by atoms with Crippen molar-refractivity contribution in [3.8, 4) is 0 Å². The molecule has 0 saturated heterocycles. The van der Waals surface area contributed by atoms with Gasteiger partial charge in [0.25, 0.3) is 0 Å². The second-order valence-electron chi connectivity index (χ2n) is 3.32. The van der Waals surface area contributed by atoms with Gasteiger partial charge in [-0.05, 0) is 0 Å². The van der Waals surface area contributed by atoms with Crippen molar-refractivity contribution >= 4 is 17.7 Å². The van der Waals surface area contributed by atoms with Gasteiger partial charge < -0.3 is 10.4 Å². The van der Waals surface area contributed by atoms with E-state index >= 15 is 0 Å². The topological polar surface area (TPSA) is 83.5 Å². The molecule has 1 amide bonds. The lowest BCUT2D eigenvalue weighted by Gasteiger charge is -2.06. The summed E-state index contributed by atoms with van der Waals surface area (Å²) in [6, 6.07) is 0. The molecule has 0 aliphatic heterocycles. The maximum Gasteiger partial charge on any atom is 0.389 e. The Balaban J connectivity index is 3.70. The van der Waals surface area contributed by atoms with Crippen molar-refractivity contribution in [2.75, 3.05) is 6.54 Å². The van der Waals surface area contributed by atoms with E-state index in [0.29, 0.717) is 0 Å². The third kappa shape index (κ3) is 10.7. The quantitative estimate of drug-likeness (QED) is 0.707. The maximum absolute atomic E-state index is 11.7. The number of halogens is 3. The molecule has 2 N–H and O–H groups in total. The molecule has 0 saturated carbocycles. The summed E-state index contributed by atoms with van der Waals surface area (Å²) in [4.78, 5) is 31.9. The van der Waals surface area contributed by atoms with E-state index in [1.807, 2.05) is 5.32 Å². The molecule has 0 aromatic rings. The first kappa shape index (κ1) is 15.4. The molecule has 0 aromatic heterocycles. The number of hydrogen-bond acceptors (Lipinski definition) is 3. The molecule has 0 unspecified atom stereocenters. The highest BCUT2D eigenvalue weighted by Gasteiger charge is 2.27. The van der Waals surface area contributed by atoms with Gasteiger partial charge in [0.1, 0.15) is 0 Å². The molecule has 0 spiro atoms. The summed E-state index contributed by atoms with van der Waals surface area (Å²) >= 11 is 0. The van der Waals surface area contributed by atoms with Crippen LogP contribution in [0.1, 0.15) is 25.7 Å². The first-order chi connectivity index (χ1) is 7.70. The molecule has 98 valence electrons. The molecule has 0 radical (unpaired) electrons. The van der Waals surface area contributed by atoms with Gasteiger partial charge in [0.2, 0.25) is 5.91 Å². The van der Waals surface area contributed by atoms with Crippen LogP contribution in [0.25, 0.3) is 0 Å². The molecule has 5 nitrogen and oxygen atoms in total. The lowest BCUT2D eigenvalue weighted by molar-refractivity contribution is -0.144. The molecule has 17 heavy (non-hydrogen) atoms. The number of carboxylic acid groups (broad SMARTS) is 1. The van der Waals surface area contributed by atoms with Crippen LogP contribution in [-0.4, -0.2) is 35.5 Å². The number of amides is 1. The van der Waals surface area contributed by atoms with Crippen LogP contribution in [0.4, 0.5) is 13.2 Å². The average Bonchev–Trinajstić information content (AvgIpc) is 2.19. The van der Waals surface area contributed by atoms with E-state index < -0.39 is 43.2 Å². The van der Waals surface area contributed by atoms with Gasteiger partial charge in [-0.3, -0.25) is 14.4 Å². The Hall–Kier alpha value is -1.60. The molecule has 0 aliphatic carbocycles. The van der Waals surface area contributed by atoms with E-state index in [1.165, 1.54) is 0 Å². The number of Topliss-reactive ketones (excluding diaryl/α,β-unsaturated/α-hetero) is 1. The van der Waals surface area contributed by atoms with E-state index in [1.54, 1.807) is 0 Å². The largest absolute Gasteiger partial charge is 0.481 e. The molecule has 8 heteroatoms. The van der Waals surface area contributed by atoms with Crippen LogP contribution >= 0.6 is 0 Å². The summed E-state index contributed by atoms with van der Waals surface area (Å²) in [7, 11) is 0. The third-order valence-electron chi connectivity index (χ3n) is 1.74. The highest BCUT2D eigenvalue weighted by Crippen LogP contribution is 2.20. The minimum absolute atomic E-state index is 0.255. The summed E-state index contributed by atoms with van der Waals surface area (Å²) in [5, 5.41) is 10.2. The maximum atomic E-state index is 11.7. The van der Waals surface area contributed by atoms with Crippen LogP contribution in [0.15, 0.2) is 0 Å². The van der Waals surface area contributed by atoms with Gasteiger partial charge >= 0.3 is 12.1 Å². The van der Waals surface area contributed by atoms with Crippen LogP contribution in [0, 0.1) is 0 Å². The predicted octanol–water partition coefficient (Wildman–Crippen LogP) is 0.879. The smallest absolute Gasteiger partial charge is 0.389 e. The van der Waals surface area contributed by atoms with Crippen molar-refractivity contribution in [1.82, 2.24) is 5.32 Å². The minimum atomic E-state index is -4.41. The molecule has 0 atom stereocenters. The van der Waals surface area contributed by atoms with Crippen molar-refractivity contribution in [3.05, 3.63) is 0 Å². The summed E-state index contributed by atoms with van der Waals surface area (Å²) < 4.78 is 35.1. The number of hydrogen-bond donors (Lipinski definition) is 2. The zero-order valence-corrected chi connectivity index (χ0v) is 8.84. The van der Waals surface area contributed by atoms with Gasteiger partial charge in [0, 0.05) is 12.8 Å². The molecule has 0 heterocycles. The molecular formula is C9H12F3NO4. The van der Waals surface area contributed by atoms with Gasteiger partial charge in [-0.15, -0.1) is 0 Å². The first-order valence-corrected chi connectivity index (χ1v) is 4.77. The van der Waals surface area contributed by atoms with Gasteiger partial charge in [-0.25, -0.2) is 0 Å². The standard InChI is InChI=1S/C9H12F3NO4/c10-9(11,12)4-3-7(15)13-5-6(14)1-2-8(16)17/h1-5H2,(H,13,15)(H,16,17). The zero-order chi connectivity index (χ0) is 13.5. The fraction of sp³-hybridized carbons (Fsp3) is 0.667. The number of rotatable bonds is 7. The van der Waals surface area contributed by atoms with Gasteiger partial charge in [-0.1, -0.05) is 0 Å². The van der Waals surface area contributed by atoms with Gasteiger partial charge in [0.15, 0.2) is 5.78 Å². The Kier molecular flexibility index (Phi) is 6.22. The number of aliphatic carboxylic acids is 1. The summed E-state index contributed by atoms with van der Waals surface area (Å²) in [6.07, 6.45) is -7.02. The second-order valence-corrected chi connectivity index (χ2v) is 3.32. The van der Waals surface area contributed by atoms with Crippen molar-refractivity contribution in [3.63, 3.8) is 0 Å². The molecular weight excluding hydrogens is 243 g/mol.